The second-order valence-corrected chi connectivity index (χ2v) is 8.03. The Morgan fingerprint density at radius 2 is 1.97 bits per heavy atom. The molecule has 0 fully saturated rings. The molecule has 0 aliphatic rings. The third-order valence-electron chi connectivity index (χ3n) is 4.67. The molecule has 2 aromatic carbocycles. The first-order valence-electron chi connectivity index (χ1n) is 9.20. The molecule has 7 heteroatoms. The number of carbonyl (C=O) groups excluding carboxylic acids is 1. The average molecular weight is 399 g/mol. The van der Waals surface area contributed by atoms with Gasteiger partial charge >= 0.3 is 0 Å². The molecule has 3 aromatic heterocycles. The number of nitrogens with one attached hydrogen (secondary N) is 1. The van der Waals surface area contributed by atoms with E-state index in [4.69, 9.17) is 0 Å². The number of nitrogens with zero attached hydrogens (tertiary/aromatic N) is 4. The molecule has 5 aromatic rings. The van der Waals surface area contributed by atoms with Gasteiger partial charge in [-0.2, -0.15) is 5.10 Å². The van der Waals surface area contributed by atoms with Gasteiger partial charge in [0.25, 0.3) is 5.91 Å². The van der Waals surface area contributed by atoms with E-state index >= 15 is 0 Å². The fraction of sp³-hybridized carbons (Fsp3) is 0.0909. The molecule has 1 N–H and O–H groups in total. The zero-order valence-electron chi connectivity index (χ0n) is 15.7. The molecule has 3 heterocycles. The number of carbonyl (C=O) groups is 1. The molecule has 142 valence electrons. The summed E-state index contributed by atoms with van der Waals surface area (Å²) in [6.07, 6.45) is 3.34. The first-order chi connectivity index (χ1) is 14.2. The van der Waals surface area contributed by atoms with Crippen molar-refractivity contribution in [3.8, 4) is 0 Å². The van der Waals surface area contributed by atoms with E-state index in [1.807, 2.05) is 54.1 Å². The molecule has 29 heavy (non-hydrogen) atoms. The highest BCUT2D eigenvalue weighted by Crippen LogP contribution is 2.25. The van der Waals surface area contributed by atoms with Crippen LogP contribution in [0.15, 0.2) is 67.0 Å². The second kappa shape index (κ2) is 7.10. The SMILES string of the molecule is Cc1nc2ccc(NC(=O)c3cnc4c(cnn4Cc4ccccc4)c3)cc2s1. The highest BCUT2D eigenvalue weighted by molar-refractivity contribution is 7.18. The number of thiazole rings is 1. The predicted molar refractivity (Wildman–Crippen MR) is 115 cm³/mol. The first kappa shape index (κ1) is 17.5. The van der Waals surface area contributed by atoms with E-state index in [0.29, 0.717) is 12.1 Å². The molecule has 0 unspecified atom stereocenters. The lowest BCUT2D eigenvalue weighted by atomic mass is 10.2. The van der Waals surface area contributed by atoms with Crippen molar-refractivity contribution in [2.45, 2.75) is 13.5 Å². The normalized spacial score (nSPS) is 11.2. The summed E-state index contributed by atoms with van der Waals surface area (Å²) in [5.41, 5.74) is 4.09. The van der Waals surface area contributed by atoms with Gasteiger partial charge in [0, 0.05) is 17.3 Å². The Kier molecular flexibility index (Phi) is 4.29. The van der Waals surface area contributed by atoms with Gasteiger partial charge in [-0.1, -0.05) is 30.3 Å². The molecule has 0 atom stereocenters. The van der Waals surface area contributed by atoms with Crippen molar-refractivity contribution in [1.82, 2.24) is 19.7 Å². The van der Waals surface area contributed by atoms with Crippen LogP contribution in [0.5, 0.6) is 0 Å². The minimum atomic E-state index is -0.198. The van der Waals surface area contributed by atoms with Crippen molar-refractivity contribution < 1.29 is 4.79 Å². The van der Waals surface area contributed by atoms with Crippen molar-refractivity contribution in [3.63, 3.8) is 0 Å². The zero-order valence-corrected chi connectivity index (χ0v) is 16.5. The number of hydrogen-bond acceptors (Lipinski definition) is 5. The molecule has 0 bridgehead atoms. The Morgan fingerprint density at radius 1 is 1.10 bits per heavy atom. The van der Waals surface area contributed by atoms with E-state index in [2.05, 4.69) is 32.5 Å². The van der Waals surface area contributed by atoms with Crippen molar-refractivity contribution in [2.24, 2.45) is 0 Å². The highest BCUT2D eigenvalue weighted by atomic mass is 32.1. The summed E-state index contributed by atoms with van der Waals surface area (Å²) in [4.78, 5) is 21.6. The molecule has 0 aliphatic heterocycles. The Bertz CT molecular complexity index is 1340. The summed E-state index contributed by atoms with van der Waals surface area (Å²) in [6, 6.07) is 17.6. The monoisotopic (exact) mass is 399 g/mol. The lowest BCUT2D eigenvalue weighted by molar-refractivity contribution is 0.102. The number of rotatable bonds is 4. The van der Waals surface area contributed by atoms with Gasteiger partial charge in [0.15, 0.2) is 5.65 Å². The molecule has 0 spiro atoms. The molecule has 0 aliphatic carbocycles. The number of fused-ring (bicyclic) bond motifs is 2. The Morgan fingerprint density at radius 3 is 2.83 bits per heavy atom. The predicted octanol–water partition coefficient (Wildman–Crippen LogP) is 4.65. The molecule has 0 saturated carbocycles. The number of hydrogen-bond donors (Lipinski definition) is 1. The van der Waals surface area contributed by atoms with E-state index in [1.165, 1.54) is 0 Å². The summed E-state index contributed by atoms with van der Waals surface area (Å²) >= 11 is 1.61. The summed E-state index contributed by atoms with van der Waals surface area (Å²) < 4.78 is 2.89. The minimum Gasteiger partial charge on any atom is -0.322 e. The minimum absolute atomic E-state index is 0.198. The van der Waals surface area contributed by atoms with Crippen LogP contribution >= 0.6 is 11.3 Å². The third kappa shape index (κ3) is 3.48. The van der Waals surface area contributed by atoms with Crippen LogP contribution in [0.3, 0.4) is 0 Å². The van der Waals surface area contributed by atoms with Gasteiger partial charge in [-0.25, -0.2) is 14.6 Å². The largest absolute Gasteiger partial charge is 0.322 e. The smallest absolute Gasteiger partial charge is 0.257 e. The summed E-state index contributed by atoms with van der Waals surface area (Å²) in [7, 11) is 0. The number of aryl methyl sites for hydroxylation is 1. The van der Waals surface area contributed by atoms with Crippen LogP contribution in [0.4, 0.5) is 5.69 Å². The van der Waals surface area contributed by atoms with E-state index in [1.54, 1.807) is 23.7 Å². The number of pyridine rings is 1. The fourth-order valence-corrected chi connectivity index (χ4v) is 4.16. The van der Waals surface area contributed by atoms with Crippen LogP contribution in [0.25, 0.3) is 21.3 Å². The Balaban J connectivity index is 1.38. The molecule has 0 saturated heterocycles. The summed E-state index contributed by atoms with van der Waals surface area (Å²) in [5, 5.41) is 9.21. The second-order valence-electron chi connectivity index (χ2n) is 6.79. The lowest BCUT2D eigenvalue weighted by Gasteiger charge is -2.06. The standard InChI is InChI=1S/C22H17N5OS/c1-14-25-19-8-7-18(10-20(19)29-14)26-22(28)17-9-16-12-24-27(21(16)23-11-17)13-15-5-3-2-4-6-15/h2-12H,13H2,1H3,(H,26,28). The van der Waals surface area contributed by atoms with E-state index in [9.17, 15) is 4.79 Å². The Labute approximate surface area is 170 Å². The van der Waals surface area contributed by atoms with Crippen molar-refractivity contribution in [1.29, 1.82) is 0 Å². The van der Waals surface area contributed by atoms with E-state index < -0.39 is 0 Å². The quantitative estimate of drug-likeness (QED) is 0.477. The van der Waals surface area contributed by atoms with E-state index in [-0.39, 0.29) is 5.91 Å². The van der Waals surface area contributed by atoms with E-state index in [0.717, 1.165) is 37.5 Å². The summed E-state index contributed by atoms with van der Waals surface area (Å²) in [5.74, 6) is -0.198. The first-order valence-corrected chi connectivity index (χ1v) is 10.0. The van der Waals surface area contributed by atoms with Crippen LogP contribution in [0.2, 0.25) is 0 Å². The molecule has 1 amide bonds. The van der Waals surface area contributed by atoms with Crippen LogP contribution in [-0.2, 0) is 6.54 Å². The van der Waals surface area contributed by atoms with Crippen molar-refractivity contribution >= 4 is 44.2 Å². The van der Waals surface area contributed by atoms with Gasteiger partial charge in [0.05, 0.1) is 33.5 Å². The van der Waals surface area contributed by atoms with Crippen LogP contribution < -0.4 is 5.32 Å². The molecule has 6 nitrogen and oxygen atoms in total. The number of aromatic nitrogens is 4. The molecule has 0 radical (unpaired) electrons. The van der Waals surface area contributed by atoms with Crippen molar-refractivity contribution in [3.05, 3.63) is 83.1 Å². The molecular weight excluding hydrogens is 382 g/mol. The van der Waals surface area contributed by atoms with Gasteiger partial charge in [-0.15, -0.1) is 11.3 Å². The maximum absolute atomic E-state index is 12.7. The summed E-state index contributed by atoms with van der Waals surface area (Å²) in [6.45, 7) is 2.61. The van der Waals surface area contributed by atoms with Crippen LogP contribution in [0.1, 0.15) is 20.9 Å². The number of amides is 1. The fourth-order valence-electron chi connectivity index (χ4n) is 3.29. The Hall–Kier alpha value is -3.58. The maximum atomic E-state index is 12.7. The van der Waals surface area contributed by atoms with Gasteiger partial charge in [-0.3, -0.25) is 4.79 Å². The van der Waals surface area contributed by atoms with Gasteiger partial charge in [-0.05, 0) is 36.8 Å². The van der Waals surface area contributed by atoms with Crippen molar-refractivity contribution in [2.75, 3.05) is 5.32 Å². The maximum Gasteiger partial charge on any atom is 0.257 e. The average Bonchev–Trinajstić information content (AvgIpc) is 3.30. The lowest BCUT2D eigenvalue weighted by Crippen LogP contribution is -2.12. The number of benzene rings is 2. The third-order valence-corrected chi connectivity index (χ3v) is 5.60. The van der Waals surface area contributed by atoms with Crippen LogP contribution in [-0.4, -0.2) is 25.7 Å². The molecular formula is C22H17N5OS. The van der Waals surface area contributed by atoms with Gasteiger partial charge in [0.1, 0.15) is 0 Å². The number of anilines is 1. The topological polar surface area (TPSA) is 72.7 Å². The van der Waals surface area contributed by atoms with Gasteiger partial charge < -0.3 is 5.32 Å². The van der Waals surface area contributed by atoms with Gasteiger partial charge in [0.2, 0.25) is 0 Å². The zero-order chi connectivity index (χ0) is 19.8. The van der Waals surface area contributed by atoms with Crippen LogP contribution in [0, 0.1) is 6.92 Å². The highest BCUT2D eigenvalue weighted by Gasteiger charge is 2.12. The molecule has 5 rings (SSSR count).